The standard InChI is InChI=1S/C22H25F2N5O/c1-15-25-14-19(28(15)2)16-3-4-17-13-26-20(12-18(17)11-16)27-21(30)22(24)5-8-29(9-6-22)10-7-23/h3-4,11-14H,5-10H2,1-2H3,(H,26,27,30). The van der Waals surface area contributed by atoms with Gasteiger partial charge < -0.3 is 14.8 Å². The van der Waals surface area contributed by atoms with Crippen molar-refractivity contribution in [3.63, 3.8) is 0 Å². The minimum atomic E-state index is -1.96. The van der Waals surface area contributed by atoms with Crippen LogP contribution in [0.1, 0.15) is 18.7 Å². The van der Waals surface area contributed by atoms with Gasteiger partial charge in [-0.25, -0.2) is 18.7 Å². The molecule has 8 heteroatoms. The lowest BCUT2D eigenvalue weighted by Gasteiger charge is -2.34. The van der Waals surface area contributed by atoms with Gasteiger partial charge in [-0.3, -0.25) is 4.79 Å². The Morgan fingerprint density at radius 1 is 1.17 bits per heavy atom. The lowest BCUT2D eigenvalue weighted by atomic mass is 9.92. The number of aryl methyl sites for hydroxylation is 1. The van der Waals surface area contributed by atoms with Crippen molar-refractivity contribution in [2.75, 3.05) is 31.6 Å². The van der Waals surface area contributed by atoms with Crippen molar-refractivity contribution in [3.8, 4) is 11.3 Å². The number of fused-ring (bicyclic) bond motifs is 1. The highest BCUT2D eigenvalue weighted by atomic mass is 19.1. The summed E-state index contributed by atoms with van der Waals surface area (Å²) in [5, 5.41) is 4.44. The molecule has 1 aromatic carbocycles. The minimum Gasteiger partial charge on any atom is -0.331 e. The number of nitrogens with one attached hydrogen (secondary N) is 1. The summed E-state index contributed by atoms with van der Waals surface area (Å²) in [6, 6.07) is 7.72. The molecule has 1 aliphatic rings. The molecule has 1 fully saturated rings. The third-order valence-corrected chi connectivity index (χ3v) is 5.94. The van der Waals surface area contributed by atoms with E-state index in [1.165, 1.54) is 0 Å². The molecule has 0 aliphatic carbocycles. The van der Waals surface area contributed by atoms with Crippen molar-refractivity contribution >= 4 is 22.5 Å². The molecule has 1 N–H and O–H groups in total. The number of benzene rings is 1. The number of rotatable bonds is 5. The molecule has 6 nitrogen and oxygen atoms in total. The number of hydrogen-bond acceptors (Lipinski definition) is 4. The van der Waals surface area contributed by atoms with Gasteiger partial charge in [-0.2, -0.15) is 0 Å². The van der Waals surface area contributed by atoms with Gasteiger partial charge in [0.25, 0.3) is 5.91 Å². The number of carbonyl (C=O) groups excluding carboxylic acids is 1. The average Bonchev–Trinajstić information content (AvgIpc) is 3.08. The van der Waals surface area contributed by atoms with E-state index in [1.807, 2.05) is 47.8 Å². The summed E-state index contributed by atoms with van der Waals surface area (Å²) < 4.78 is 29.6. The van der Waals surface area contributed by atoms with Gasteiger partial charge in [-0.05, 0) is 24.4 Å². The van der Waals surface area contributed by atoms with Crippen LogP contribution < -0.4 is 5.32 Å². The fraction of sp³-hybridized carbons (Fsp3) is 0.409. The Hall–Kier alpha value is -2.87. The molecule has 0 saturated carbocycles. The normalized spacial score (nSPS) is 16.7. The zero-order valence-electron chi connectivity index (χ0n) is 17.2. The SMILES string of the molecule is Cc1ncc(-c2ccc3cnc(NC(=O)C4(F)CCN(CCF)CC4)cc3c2)n1C. The Morgan fingerprint density at radius 2 is 1.93 bits per heavy atom. The minimum absolute atomic E-state index is 0.0520. The molecule has 0 unspecified atom stereocenters. The molecule has 2 aromatic heterocycles. The molecule has 0 bridgehead atoms. The van der Waals surface area contributed by atoms with Crippen LogP contribution in [0.5, 0.6) is 0 Å². The van der Waals surface area contributed by atoms with Crippen molar-refractivity contribution in [1.82, 2.24) is 19.4 Å². The first-order chi connectivity index (χ1) is 14.4. The number of alkyl halides is 2. The zero-order valence-corrected chi connectivity index (χ0v) is 17.2. The van der Waals surface area contributed by atoms with Gasteiger partial charge in [-0.1, -0.05) is 12.1 Å². The molecule has 0 spiro atoms. The summed E-state index contributed by atoms with van der Waals surface area (Å²) in [6.45, 7) is 2.49. The zero-order chi connectivity index (χ0) is 21.3. The Balaban J connectivity index is 1.53. The van der Waals surface area contributed by atoms with Gasteiger partial charge in [0.1, 0.15) is 18.3 Å². The van der Waals surface area contributed by atoms with E-state index in [-0.39, 0.29) is 19.4 Å². The van der Waals surface area contributed by atoms with Crippen LogP contribution in [0, 0.1) is 6.92 Å². The molecule has 3 aromatic rings. The first-order valence-corrected chi connectivity index (χ1v) is 10.1. The number of likely N-dealkylation sites (tertiary alicyclic amines) is 1. The maximum Gasteiger partial charge on any atom is 0.263 e. The average molecular weight is 413 g/mol. The first-order valence-electron chi connectivity index (χ1n) is 10.1. The van der Waals surface area contributed by atoms with E-state index in [0.29, 0.717) is 18.9 Å². The molecule has 1 amide bonds. The van der Waals surface area contributed by atoms with Crippen LogP contribution in [0.2, 0.25) is 0 Å². The Kier molecular flexibility index (Phi) is 5.51. The number of hydrogen-bond donors (Lipinski definition) is 1. The summed E-state index contributed by atoms with van der Waals surface area (Å²) >= 11 is 0. The van der Waals surface area contributed by atoms with Gasteiger partial charge in [-0.15, -0.1) is 0 Å². The number of piperidine rings is 1. The Morgan fingerprint density at radius 3 is 2.60 bits per heavy atom. The number of carbonyl (C=O) groups is 1. The Bertz CT molecular complexity index is 1070. The lowest BCUT2D eigenvalue weighted by Crippen LogP contribution is -2.49. The van der Waals surface area contributed by atoms with Crippen molar-refractivity contribution in [2.24, 2.45) is 7.05 Å². The van der Waals surface area contributed by atoms with Crippen molar-refractivity contribution < 1.29 is 13.6 Å². The molecule has 1 saturated heterocycles. The molecule has 0 radical (unpaired) electrons. The van der Waals surface area contributed by atoms with Crippen LogP contribution in [0.25, 0.3) is 22.0 Å². The highest BCUT2D eigenvalue weighted by Crippen LogP contribution is 2.29. The first kappa shape index (κ1) is 20.4. The number of anilines is 1. The smallest absolute Gasteiger partial charge is 0.263 e. The molecule has 0 atom stereocenters. The maximum absolute atomic E-state index is 15.1. The predicted molar refractivity (Wildman–Crippen MR) is 113 cm³/mol. The largest absolute Gasteiger partial charge is 0.331 e. The van der Waals surface area contributed by atoms with E-state index < -0.39 is 18.3 Å². The highest BCUT2D eigenvalue weighted by molar-refractivity contribution is 5.98. The van der Waals surface area contributed by atoms with Gasteiger partial charge in [0, 0.05) is 56.7 Å². The summed E-state index contributed by atoms with van der Waals surface area (Å²) in [5.41, 5.74) is 0.0215. The molecule has 4 rings (SSSR count). The van der Waals surface area contributed by atoms with Crippen LogP contribution in [0.3, 0.4) is 0 Å². The molecular formula is C22H25F2N5O. The highest BCUT2D eigenvalue weighted by Gasteiger charge is 2.41. The fourth-order valence-corrected chi connectivity index (χ4v) is 3.84. The quantitative estimate of drug-likeness (QED) is 0.694. The van der Waals surface area contributed by atoms with E-state index >= 15 is 4.39 Å². The van der Waals surface area contributed by atoms with Crippen LogP contribution in [0.15, 0.2) is 36.7 Å². The second kappa shape index (κ2) is 8.10. The van der Waals surface area contributed by atoms with Crippen LogP contribution in [0.4, 0.5) is 14.6 Å². The molecule has 30 heavy (non-hydrogen) atoms. The Labute approximate surface area is 173 Å². The molecule has 1 aliphatic heterocycles. The van der Waals surface area contributed by atoms with Crippen LogP contribution in [-0.4, -0.2) is 57.3 Å². The molecular weight excluding hydrogens is 388 g/mol. The van der Waals surface area contributed by atoms with Crippen molar-refractivity contribution in [2.45, 2.75) is 25.4 Å². The van der Waals surface area contributed by atoms with Crippen LogP contribution in [-0.2, 0) is 11.8 Å². The van der Waals surface area contributed by atoms with Gasteiger partial charge in [0.2, 0.25) is 0 Å². The summed E-state index contributed by atoms with van der Waals surface area (Å²) in [6.07, 6.45) is 3.59. The van der Waals surface area contributed by atoms with E-state index in [0.717, 1.165) is 27.9 Å². The summed E-state index contributed by atoms with van der Waals surface area (Å²) in [5.74, 6) is 0.542. The fourth-order valence-electron chi connectivity index (χ4n) is 3.84. The van der Waals surface area contributed by atoms with Crippen molar-refractivity contribution in [3.05, 3.63) is 42.5 Å². The summed E-state index contributed by atoms with van der Waals surface area (Å²) in [4.78, 5) is 23.0. The van der Waals surface area contributed by atoms with E-state index in [9.17, 15) is 9.18 Å². The van der Waals surface area contributed by atoms with Gasteiger partial charge >= 0.3 is 0 Å². The number of nitrogens with zero attached hydrogens (tertiary/aromatic N) is 4. The van der Waals surface area contributed by atoms with E-state index in [1.54, 1.807) is 12.3 Å². The topological polar surface area (TPSA) is 63.1 Å². The number of imidazole rings is 1. The van der Waals surface area contributed by atoms with Crippen LogP contribution >= 0.6 is 0 Å². The monoisotopic (exact) mass is 413 g/mol. The number of pyridine rings is 1. The number of aromatic nitrogens is 3. The second-order valence-electron chi connectivity index (χ2n) is 7.83. The van der Waals surface area contributed by atoms with Gasteiger partial charge in [0.15, 0.2) is 5.67 Å². The third-order valence-electron chi connectivity index (χ3n) is 5.94. The third kappa shape index (κ3) is 3.92. The maximum atomic E-state index is 15.1. The molecule has 3 heterocycles. The lowest BCUT2D eigenvalue weighted by molar-refractivity contribution is -0.130. The molecule has 158 valence electrons. The summed E-state index contributed by atoms with van der Waals surface area (Å²) in [7, 11) is 1.96. The van der Waals surface area contributed by atoms with E-state index in [2.05, 4.69) is 15.3 Å². The number of amides is 1. The number of halogens is 2. The van der Waals surface area contributed by atoms with Crippen molar-refractivity contribution in [1.29, 1.82) is 0 Å². The second-order valence-corrected chi connectivity index (χ2v) is 7.83. The van der Waals surface area contributed by atoms with Gasteiger partial charge in [0.05, 0.1) is 11.9 Å². The van der Waals surface area contributed by atoms with E-state index in [4.69, 9.17) is 0 Å². The predicted octanol–water partition coefficient (Wildman–Crippen LogP) is 3.66.